The number of rotatable bonds is 5. The minimum atomic E-state index is -1.13. The molecule has 1 heterocycles. The third-order valence-electron chi connectivity index (χ3n) is 5.36. The molecule has 6 nitrogen and oxygen atoms in total. The number of carbonyl (C=O) groups is 2. The monoisotopic (exact) mass is 435 g/mol. The molecule has 1 aliphatic rings. The quantitative estimate of drug-likeness (QED) is 0.612. The van der Waals surface area contributed by atoms with E-state index in [2.05, 4.69) is 15.1 Å². The first kappa shape index (κ1) is 20.8. The van der Waals surface area contributed by atoms with Gasteiger partial charge in [-0.2, -0.15) is 0 Å². The van der Waals surface area contributed by atoms with Crippen molar-refractivity contribution in [3.05, 3.63) is 88.9 Å². The molecule has 1 amide bonds. The first-order chi connectivity index (χ1) is 15.0. The molecular formula is C24H22ClN3O3. The normalized spacial score (nSPS) is 13.7. The van der Waals surface area contributed by atoms with Crippen molar-refractivity contribution in [3.63, 3.8) is 0 Å². The summed E-state index contributed by atoms with van der Waals surface area (Å²) in [4.78, 5) is 28.5. The summed E-state index contributed by atoms with van der Waals surface area (Å²) in [5.74, 6) is -1.57. The van der Waals surface area contributed by atoms with Gasteiger partial charge in [-0.1, -0.05) is 23.7 Å². The smallest absolute Gasteiger partial charge is 0.336 e. The molecule has 31 heavy (non-hydrogen) atoms. The van der Waals surface area contributed by atoms with Gasteiger partial charge in [0.25, 0.3) is 5.91 Å². The number of benzene rings is 3. The van der Waals surface area contributed by atoms with Crippen molar-refractivity contribution in [2.45, 2.75) is 0 Å². The fourth-order valence-electron chi connectivity index (χ4n) is 3.70. The maximum Gasteiger partial charge on any atom is 0.336 e. The van der Waals surface area contributed by atoms with E-state index in [1.165, 1.54) is 17.8 Å². The van der Waals surface area contributed by atoms with E-state index in [1.54, 1.807) is 12.1 Å². The molecule has 0 aromatic heterocycles. The molecule has 0 unspecified atom stereocenters. The van der Waals surface area contributed by atoms with Crippen LogP contribution in [-0.4, -0.2) is 43.2 Å². The van der Waals surface area contributed by atoms with Crippen LogP contribution in [0.3, 0.4) is 0 Å². The Kier molecular flexibility index (Phi) is 6.09. The van der Waals surface area contributed by atoms with Crippen LogP contribution in [0, 0.1) is 0 Å². The van der Waals surface area contributed by atoms with Gasteiger partial charge in [-0.05, 0) is 60.7 Å². The van der Waals surface area contributed by atoms with Crippen molar-refractivity contribution >= 4 is 40.5 Å². The average Bonchev–Trinajstić information content (AvgIpc) is 2.80. The van der Waals surface area contributed by atoms with Crippen LogP contribution in [0.2, 0.25) is 5.02 Å². The second-order valence-electron chi connectivity index (χ2n) is 7.30. The number of hydrogen-bond donors (Lipinski definition) is 2. The maximum absolute atomic E-state index is 12.5. The Bertz CT molecular complexity index is 1080. The van der Waals surface area contributed by atoms with Crippen LogP contribution in [0.1, 0.15) is 20.7 Å². The highest BCUT2D eigenvalue weighted by atomic mass is 35.5. The summed E-state index contributed by atoms with van der Waals surface area (Å²) in [5.41, 5.74) is 2.99. The Morgan fingerprint density at radius 1 is 0.742 bits per heavy atom. The number of amides is 1. The molecule has 7 heteroatoms. The van der Waals surface area contributed by atoms with Crippen molar-refractivity contribution in [2.24, 2.45) is 0 Å². The number of carboxylic acid groups (broad SMARTS) is 1. The third kappa shape index (κ3) is 4.81. The van der Waals surface area contributed by atoms with Gasteiger partial charge in [0, 0.05) is 48.3 Å². The number of carboxylic acids is 1. The van der Waals surface area contributed by atoms with Crippen LogP contribution in [0.25, 0.3) is 0 Å². The molecule has 1 saturated heterocycles. The topological polar surface area (TPSA) is 72.9 Å². The molecule has 158 valence electrons. The summed E-state index contributed by atoms with van der Waals surface area (Å²) in [7, 11) is 0. The van der Waals surface area contributed by atoms with Gasteiger partial charge in [-0.25, -0.2) is 4.79 Å². The van der Waals surface area contributed by atoms with Crippen LogP contribution in [-0.2, 0) is 0 Å². The summed E-state index contributed by atoms with van der Waals surface area (Å²) in [6.45, 7) is 3.60. The minimum Gasteiger partial charge on any atom is -0.478 e. The van der Waals surface area contributed by atoms with Crippen molar-refractivity contribution in [3.8, 4) is 0 Å². The summed E-state index contributed by atoms with van der Waals surface area (Å²) >= 11 is 5.98. The molecule has 4 rings (SSSR count). The summed E-state index contributed by atoms with van der Waals surface area (Å²) in [6.07, 6.45) is 0. The van der Waals surface area contributed by atoms with E-state index in [0.29, 0.717) is 5.69 Å². The maximum atomic E-state index is 12.5. The zero-order valence-electron chi connectivity index (χ0n) is 16.8. The largest absolute Gasteiger partial charge is 0.478 e. The lowest BCUT2D eigenvalue weighted by molar-refractivity contribution is 0.0692. The minimum absolute atomic E-state index is 0.0184. The number of carbonyl (C=O) groups excluding carboxylic acids is 1. The fourth-order valence-corrected chi connectivity index (χ4v) is 3.82. The number of anilines is 3. The van der Waals surface area contributed by atoms with E-state index in [0.717, 1.165) is 36.9 Å². The number of aromatic carboxylic acids is 1. The van der Waals surface area contributed by atoms with Crippen molar-refractivity contribution in [1.82, 2.24) is 0 Å². The molecule has 0 atom stereocenters. The molecule has 2 N–H and O–H groups in total. The molecule has 3 aromatic rings. The average molecular weight is 436 g/mol. The summed E-state index contributed by atoms with van der Waals surface area (Å²) in [6, 6.07) is 21.7. The molecule has 1 fully saturated rings. The third-order valence-corrected chi connectivity index (χ3v) is 5.62. The highest BCUT2D eigenvalue weighted by Crippen LogP contribution is 2.23. The number of piperazine rings is 1. The number of nitrogens with zero attached hydrogens (tertiary/aromatic N) is 2. The van der Waals surface area contributed by atoms with Crippen LogP contribution >= 0.6 is 11.6 Å². The van der Waals surface area contributed by atoms with Crippen LogP contribution in [0.5, 0.6) is 0 Å². The van der Waals surface area contributed by atoms with E-state index in [1.807, 2.05) is 48.5 Å². The molecule has 3 aromatic carbocycles. The van der Waals surface area contributed by atoms with E-state index < -0.39 is 11.9 Å². The molecule has 0 bridgehead atoms. The molecular weight excluding hydrogens is 414 g/mol. The van der Waals surface area contributed by atoms with Crippen molar-refractivity contribution in [1.29, 1.82) is 0 Å². The van der Waals surface area contributed by atoms with Crippen LogP contribution in [0.4, 0.5) is 17.1 Å². The molecule has 0 spiro atoms. The van der Waals surface area contributed by atoms with E-state index in [-0.39, 0.29) is 11.1 Å². The fraction of sp³-hybridized carbons (Fsp3) is 0.167. The lowest BCUT2D eigenvalue weighted by Gasteiger charge is -2.37. The Morgan fingerprint density at radius 3 is 1.74 bits per heavy atom. The van der Waals surface area contributed by atoms with Gasteiger partial charge in [0.1, 0.15) is 0 Å². The SMILES string of the molecule is O=C(O)c1ccccc1C(=O)Nc1ccc(N2CCN(c3ccc(Cl)cc3)CC2)cc1. The van der Waals surface area contributed by atoms with Crippen molar-refractivity contribution < 1.29 is 14.7 Å². The standard InChI is InChI=1S/C24H22ClN3O3/c25-17-5-9-19(10-6-17)27-13-15-28(16-14-27)20-11-7-18(8-12-20)26-23(29)21-3-1-2-4-22(21)24(30)31/h1-12H,13-16H2,(H,26,29)(H,30,31). The number of halogens is 1. The number of nitrogens with one attached hydrogen (secondary N) is 1. The molecule has 1 aliphatic heterocycles. The lowest BCUT2D eigenvalue weighted by atomic mass is 10.1. The highest BCUT2D eigenvalue weighted by Gasteiger charge is 2.18. The first-order valence-corrected chi connectivity index (χ1v) is 10.4. The van der Waals surface area contributed by atoms with Gasteiger partial charge in [-0.3, -0.25) is 4.79 Å². The van der Waals surface area contributed by atoms with Crippen LogP contribution < -0.4 is 15.1 Å². The van der Waals surface area contributed by atoms with E-state index in [9.17, 15) is 14.7 Å². The molecule has 0 saturated carbocycles. The second kappa shape index (κ2) is 9.10. The van der Waals surface area contributed by atoms with E-state index >= 15 is 0 Å². The molecule has 0 aliphatic carbocycles. The zero-order chi connectivity index (χ0) is 21.8. The number of hydrogen-bond acceptors (Lipinski definition) is 4. The van der Waals surface area contributed by atoms with Gasteiger partial charge in [0.2, 0.25) is 0 Å². The Hall–Kier alpha value is -3.51. The van der Waals surface area contributed by atoms with Crippen LogP contribution in [0.15, 0.2) is 72.8 Å². The Balaban J connectivity index is 1.37. The summed E-state index contributed by atoms with van der Waals surface area (Å²) < 4.78 is 0. The lowest BCUT2D eigenvalue weighted by Crippen LogP contribution is -2.46. The van der Waals surface area contributed by atoms with Gasteiger partial charge < -0.3 is 20.2 Å². The van der Waals surface area contributed by atoms with Gasteiger partial charge in [0.15, 0.2) is 0 Å². The van der Waals surface area contributed by atoms with Gasteiger partial charge in [0.05, 0.1) is 11.1 Å². The van der Waals surface area contributed by atoms with Gasteiger partial charge >= 0.3 is 5.97 Å². The Morgan fingerprint density at radius 2 is 1.23 bits per heavy atom. The molecule has 0 radical (unpaired) electrons. The predicted molar refractivity (Wildman–Crippen MR) is 124 cm³/mol. The van der Waals surface area contributed by atoms with Gasteiger partial charge in [-0.15, -0.1) is 0 Å². The first-order valence-electron chi connectivity index (χ1n) is 10.0. The predicted octanol–water partition coefficient (Wildman–Crippen LogP) is 4.62. The summed E-state index contributed by atoms with van der Waals surface area (Å²) in [5, 5.41) is 12.8. The highest BCUT2D eigenvalue weighted by molar-refractivity contribution is 6.30. The second-order valence-corrected chi connectivity index (χ2v) is 7.74. The Labute approximate surface area is 185 Å². The zero-order valence-corrected chi connectivity index (χ0v) is 17.5. The van der Waals surface area contributed by atoms with E-state index in [4.69, 9.17) is 11.6 Å². The van der Waals surface area contributed by atoms with Crippen molar-refractivity contribution in [2.75, 3.05) is 41.3 Å².